The van der Waals surface area contributed by atoms with Crippen LogP contribution in [0.15, 0.2) is 41.3 Å². The standard InChI is InChI=1S/C22H18F3N3O3/c1-26-8-13-5-12(26)9-27(13)20-7-19-14(6-17(20)25)21(29)15(22(30)31)10-28(19)18-3-2-11(23)4-16(18)24/h2-4,6-7,10,12-13H,5,8-9H2,1H3,(H,30,31). The highest BCUT2D eigenvalue weighted by atomic mass is 19.1. The summed E-state index contributed by atoms with van der Waals surface area (Å²) in [6.45, 7) is 1.39. The van der Waals surface area contributed by atoms with Gasteiger partial charge in [0.2, 0.25) is 5.43 Å². The highest BCUT2D eigenvalue weighted by molar-refractivity contribution is 5.94. The van der Waals surface area contributed by atoms with Crippen LogP contribution in [0.5, 0.6) is 0 Å². The van der Waals surface area contributed by atoms with Crippen LogP contribution < -0.4 is 10.3 Å². The van der Waals surface area contributed by atoms with Crippen molar-refractivity contribution < 1.29 is 23.1 Å². The van der Waals surface area contributed by atoms with Crippen LogP contribution in [0, 0.1) is 17.5 Å². The maximum Gasteiger partial charge on any atom is 0.341 e. The Kier molecular flexibility index (Phi) is 4.33. The van der Waals surface area contributed by atoms with Crippen LogP contribution in [0.2, 0.25) is 0 Å². The van der Waals surface area contributed by atoms with Gasteiger partial charge in [0.05, 0.1) is 16.9 Å². The van der Waals surface area contributed by atoms with Crippen molar-refractivity contribution in [3.63, 3.8) is 0 Å². The van der Waals surface area contributed by atoms with Gasteiger partial charge < -0.3 is 14.6 Å². The first-order valence-electron chi connectivity index (χ1n) is 9.79. The lowest BCUT2D eigenvalue weighted by molar-refractivity contribution is 0.0695. The number of rotatable bonds is 3. The van der Waals surface area contributed by atoms with E-state index in [1.165, 1.54) is 10.6 Å². The fourth-order valence-electron chi connectivity index (χ4n) is 4.74. The highest BCUT2D eigenvalue weighted by Gasteiger charge is 2.42. The van der Waals surface area contributed by atoms with Gasteiger partial charge in [-0.1, -0.05) is 0 Å². The largest absolute Gasteiger partial charge is 0.477 e. The zero-order valence-electron chi connectivity index (χ0n) is 16.5. The van der Waals surface area contributed by atoms with E-state index in [0.29, 0.717) is 18.7 Å². The van der Waals surface area contributed by atoms with Gasteiger partial charge in [0, 0.05) is 42.8 Å². The molecular weight excluding hydrogens is 411 g/mol. The summed E-state index contributed by atoms with van der Waals surface area (Å²) in [5.41, 5.74) is -1.23. The molecule has 2 saturated heterocycles. The van der Waals surface area contributed by atoms with Gasteiger partial charge in [-0.2, -0.15) is 0 Å². The molecule has 0 saturated carbocycles. The number of benzene rings is 2. The van der Waals surface area contributed by atoms with Crippen molar-refractivity contribution >= 4 is 22.6 Å². The molecule has 0 amide bonds. The number of carboxylic acids is 1. The van der Waals surface area contributed by atoms with Crippen LogP contribution in [0.1, 0.15) is 16.8 Å². The second-order valence-corrected chi connectivity index (χ2v) is 8.10. The first-order chi connectivity index (χ1) is 14.7. The minimum Gasteiger partial charge on any atom is -0.477 e. The molecule has 2 unspecified atom stereocenters. The third-order valence-electron chi connectivity index (χ3n) is 6.30. The first kappa shape index (κ1) is 19.6. The number of fused-ring (bicyclic) bond motifs is 3. The van der Waals surface area contributed by atoms with Gasteiger partial charge in [-0.3, -0.25) is 9.69 Å². The topological polar surface area (TPSA) is 65.8 Å². The Morgan fingerprint density at radius 2 is 1.77 bits per heavy atom. The minimum atomic E-state index is -1.52. The number of likely N-dealkylation sites (N-methyl/N-ethyl adjacent to an activating group) is 1. The number of nitrogens with zero attached hydrogens (tertiary/aromatic N) is 3. The van der Waals surface area contributed by atoms with Crippen LogP contribution >= 0.6 is 0 Å². The summed E-state index contributed by atoms with van der Waals surface area (Å²) in [6.07, 6.45) is 1.89. The van der Waals surface area contributed by atoms with Crippen molar-refractivity contribution in [2.45, 2.75) is 18.5 Å². The Bertz CT molecular complexity index is 1300. The number of pyridine rings is 1. The average Bonchev–Trinajstić information content (AvgIpc) is 3.28. The molecule has 0 aliphatic carbocycles. The monoisotopic (exact) mass is 429 g/mol. The van der Waals surface area contributed by atoms with Crippen molar-refractivity contribution in [1.82, 2.24) is 9.47 Å². The molecule has 2 bridgehead atoms. The second kappa shape index (κ2) is 6.84. The molecule has 2 aliphatic heterocycles. The molecule has 1 aromatic heterocycles. The number of hydrogen-bond donors (Lipinski definition) is 1. The summed E-state index contributed by atoms with van der Waals surface area (Å²) in [5.74, 6) is -3.90. The SMILES string of the molecule is CN1CC2CC1CN2c1cc2c(cc1F)c(=O)c(C(=O)O)cn2-c1ccc(F)cc1F. The third-order valence-corrected chi connectivity index (χ3v) is 6.30. The van der Waals surface area contributed by atoms with Gasteiger partial charge in [-0.05, 0) is 37.7 Å². The predicted octanol–water partition coefficient (Wildman–Crippen LogP) is 3.00. The Morgan fingerprint density at radius 3 is 2.39 bits per heavy atom. The molecule has 1 N–H and O–H groups in total. The zero-order chi connectivity index (χ0) is 22.0. The molecular formula is C22H18F3N3O3. The van der Waals surface area contributed by atoms with Crippen LogP contribution in [-0.2, 0) is 0 Å². The number of aromatic carboxylic acids is 1. The van der Waals surface area contributed by atoms with Crippen molar-refractivity contribution in [1.29, 1.82) is 0 Å². The summed E-state index contributed by atoms with van der Waals surface area (Å²) in [6, 6.07) is 5.71. The molecule has 2 aliphatic rings. The Hall–Kier alpha value is -3.33. The number of carbonyl (C=O) groups is 1. The molecule has 6 nitrogen and oxygen atoms in total. The van der Waals surface area contributed by atoms with E-state index in [-0.39, 0.29) is 28.3 Å². The van der Waals surface area contributed by atoms with E-state index in [2.05, 4.69) is 4.90 Å². The van der Waals surface area contributed by atoms with Gasteiger partial charge >= 0.3 is 5.97 Å². The maximum absolute atomic E-state index is 15.1. The van der Waals surface area contributed by atoms with E-state index in [1.54, 1.807) is 0 Å². The lowest BCUT2D eigenvalue weighted by atomic mass is 10.1. The summed E-state index contributed by atoms with van der Waals surface area (Å²) < 4.78 is 44.3. The molecule has 2 atom stereocenters. The van der Waals surface area contributed by atoms with E-state index in [4.69, 9.17) is 0 Å². The van der Waals surface area contributed by atoms with E-state index >= 15 is 4.39 Å². The Labute approximate surface area is 174 Å². The molecule has 0 radical (unpaired) electrons. The lowest BCUT2D eigenvalue weighted by Crippen LogP contribution is -2.44. The zero-order valence-corrected chi connectivity index (χ0v) is 16.5. The van der Waals surface area contributed by atoms with Gasteiger partial charge in [-0.25, -0.2) is 18.0 Å². The van der Waals surface area contributed by atoms with E-state index < -0.39 is 34.4 Å². The van der Waals surface area contributed by atoms with Gasteiger partial charge in [-0.15, -0.1) is 0 Å². The first-order valence-corrected chi connectivity index (χ1v) is 9.79. The molecule has 9 heteroatoms. The van der Waals surface area contributed by atoms with Crippen LogP contribution in [0.4, 0.5) is 18.9 Å². The van der Waals surface area contributed by atoms with Gasteiger partial charge in [0.1, 0.15) is 23.0 Å². The fraction of sp³-hybridized carbons (Fsp3) is 0.273. The van der Waals surface area contributed by atoms with Crippen LogP contribution in [0.25, 0.3) is 16.6 Å². The van der Waals surface area contributed by atoms with E-state index in [9.17, 15) is 23.5 Å². The molecule has 3 heterocycles. The molecule has 0 spiro atoms. The molecule has 31 heavy (non-hydrogen) atoms. The van der Waals surface area contributed by atoms with Crippen LogP contribution in [-0.4, -0.2) is 52.8 Å². The minimum absolute atomic E-state index is 0.114. The lowest BCUT2D eigenvalue weighted by Gasteiger charge is -2.34. The molecule has 2 aromatic carbocycles. The Balaban J connectivity index is 1.77. The smallest absolute Gasteiger partial charge is 0.341 e. The van der Waals surface area contributed by atoms with E-state index in [0.717, 1.165) is 37.4 Å². The number of anilines is 1. The number of piperazine rings is 1. The number of aromatic nitrogens is 1. The summed E-state index contributed by atoms with van der Waals surface area (Å²) in [5, 5.41) is 9.24. The van der Waals surface area contributed by atoms with Crippen molar-refractivity contribution in [3.05, 3.63) is 69.8 Å². The normalized spacial score (nSPS) is 20.7. The number of halogens is 3. The second-order valence-electron chi connectivity index (χ2n) is 8.10. The summed E-state index contributed by atoms with van der Waals surface area (Å²) >= 11 is 0. The average molecular weight is 429 g/mol. The highest BCUT2D eigenvalue weighted by Crippen LogP contribution is 2.36. The molecule has 160 valence electrons. The molecule has 3 aromatic rings. The number of carboxylic acid groups (broad SMARTS) is 1. The fourth-order valence-corrected chi connectivity index (χ4v) is 4.74. The Morgan fingerprint density at radius 1 is 1.03 bits per heavy atom. The third kappa shape index (κ3) is 2.99. The summed E-state index contributed by atoms with van der Waals surface area (Å²) in [4.78, 5) is 28.4. The predicted molar refractivity (Wildman–Crippen MR) is 109 cm³/mol. The molecule has 5 rings (SSSR count). The maximum atomic E-state index is 15.1. The van der Waals surface area contributed by atoms with Crippen molar-refractivity contribution in [3.8, 4) is 5.69 Å². The van der Waals surface area contributed by atoms with E-state index in [1.807, 2.05) is 11.9 Å². The van der Waals surface area contributed by atoms with Crippen molar-refractivity contribution in [2.75, 3.05) is 25.0 Å². The quantitative estimate of drug-likeness (QED) is 0.694. The number of hydrogen-bond acceptors (Lipinski definition) is 4. The van der Waals surface area contributed by atoms with Crippen molar-refractivity contribution in [2.24, 2.45) is 0 Å². The van der Waals surface area contributed by atoms with Gasteiger partial charge in [0.15, 0.2) is 0 Å². The molecule has 2 fully saturated rings. The van der Waals surface area contributed by atoms with Gasteiger partial charge in [0.25, 0.3) is 0 Å². The summed E-state index contributed by atoms with van der Waals surface area (Å²) in [7, 11) is 2.02. The number of likely N-dealkylation sites (tertiary alicyclic amines) is 1. The van der Waals surface area contributed by atoms with Crippen LogP contribution in [0.3, 0.4) is 0 Å².